The Kier molecular flexibility index (Phi) is 6.59. The van der Waals surface area contributed by atoms with E-state index in [1.165, 1.54) is 0 Å². The second-order valence-corrected chi connectivity index (χ2v) is 7.57. The second kappa shape index (κ2) is 9.52. The van der Waals surface area contributed by atoms with E-state index in [0.29, 0.717) is 31.8 Å². The van der Waals surface area contributed by atoms with Crippen LogP contribution in [0.15, 0.2) is 34.7 Å². The Labute approximate surface area is 171 Å². The molecule has 156 valence electrons. The van der Waals surface area contributed by atoms with E-state index < -0.39 is 0 Å². The summed E-state index contributed by atoms with van der Waals surface area (Å²) in [7, 11) is 1.66. The van der Waals surface area contributed by atoms with Gasteiger partial charge in [-0.05, 0) is 18.5 Å². The standard InChI is InChI=1S/C22H29N3O4/c1-27-21(17-6-3-2-4-7-17)22-23-18-16-25(11-9-19(18)29-22)20(26)8-5-10-24-12-14-28-15-13-24/h2-4,6-7,21H,5,8-16H2,1H3. The molecular weight excluding hydrogens is 370 g/mol. The van der Waals surface area contributed by atoms with Gasteiger partial charge in [0.2, 0.25) is 11.8 Å². The number of fused-ring (bicyclic) bond motifs is 1. The largest absolute Gasteiger partial charge is 0.442 e. The molecule has 1 amide bonds. The van der Waals surface area contributed by atoms with Crippen molar-refractivity contribution >= 4 is 5.91 Å². The summed E-state index contributed by atoms with van der Waals surface area (Å²) >= 11 is 0. The molecule has 1 aromatic carbocycles. The summed E-state index contributed by atoms with van der Waals surface area (Å²) in [4.78, 5) is 21.6. The third kappa shape index (κ3) is 4.86. The summed E-state index contributed by atoms with van der Waals surface area (Å²) in [6.45, 7) is 5.66. The van der Waals surface area contributed by atoms with Crippen molar-refractivity contribution in [3.63, 3.8) is 0 Å². The maximum absolute atomic E-state index is 12.7. The number of oxazole rings is 1. The molecule has 2 aromatic rings. The van der Waals surface area contributed by atoms with Gasteiger partial charge in [-0.1, -0.05) is 30.3 Å². The summed E-state index contributed by atoms with van der Waals surface area (Å²) < 4.78 is 17.0. The maximum Gasteiger partial charge on any atom is 0.228 e. The van der Waals surface area contributed by atoms with E-state index in [1.807, 2.05) is 35.2 Å². The van der Waals surface area contributed by atoms with Crippen molar-refractivity contribution in [1.82, 2.24) is 14.8 Å². The van der Waals surface area contributed by atoms with Crippen LogP contribution in [-0.2, 0) is 27.2 Å². The van der Waals surface area contributed by atoms with Crippen LogP contribution in [0.25, 0.3) is 0 Å². The van der Waals surface area contributed by atoms with Crippen LogP contribution in [0.1, 0.15) is 41.9 Å². The fourth-order valence-corrected chi connectivity index (χ4v) is 3.99. The van der Waals surface area contributed by atoms with Gasteiger partial charge >= 0.3 is 0 Å². The van der Waals surface area contributed by atoms with E-state index >= 15 is 0 Å². The molecule has 2 aliphatic rings. The molecule has 7 heteroatoms. The average molecular weight is 399 g/mol. The van der Waals surface area contributed by atoms with E-state index in [4.69, 9.17) is 13.9 Å². The van der Waals surface area contributed by atoms with Crippen molar-refractivity contribution in [1.29, 1.82) is 0 Å². The molecule has 1 fully saturated rings. The number of ether oxygens (including phenoxy) is 2. The Morgan fingerprint density at radius 3 is 2.76 bits per heavy atom. The zero-order chi connectivity index (χ0) is 20.1. The van der Waals surface area contributed by atoms with Crippen molar-refractivity contribution in [2.75, 3.05) is 46.5 Å². The highest BCUT2D eigenvalue weighted by atomic mass is 16.5. The first kappa shape index (κ1) is 20.1. The molecule has 4 rings (SSSR count). The van der Waals surface area contributed by atoms with Crippen LogP contribution in [-0.4, -0.2) is 67.2 Å². The molecule has 7 nitrogen and oxygen atoms in total. The number of morpholine rings is 1. The van der Waals surface area contributed by atoms with Gasteiger partial charge in [0.25, 0.3) is 0 Å². The van der Waals surface area contributed by atoms with Gasteiger partial charge in [-0.15, -0.1) is 0 Å². The highest BCUT2D eigenvalue weighted by Gasteiger charge is 2.28. The van der Waals surface area contributed by atoms with Crippen molar-refractivity contribution in [2.24, 2.45) is 0 Å². The van der Waals surface area contributed by atoms with Gasteiger partial charge in [0.1, 0.15) is 11.5 Å². The molecular formula is C22H29N3O4. The van der Waals surface area contributed by atoms with E-state index in [9.17, 15) is 4.79 Å². The van der Waals surface area contributed by atoms with Crippen LogP contribution in [0.4, 0.5) is 0 Å². The number of benzene rings is 1. The number of nitrogens with zero attached hydrogens (tertiary/aromatic N) is 3. The lowest BCUT2D eigenvalue weighted by atomic mass is 10.1. The Balaban J connectivity index is 1.34. The Morgan fingerprint density at radius 1 is 1.21 bits per heavy atom. The van der Waals surface area contributed by atoms with Gasteiger partial charge in [-0.25, -0.2) is 4.98 Å². The zero-order valence-electron chi connectivity index (χ0n) is 17.0. The van der Waals surface area contributed by atoms with Crippen molar-refractivity contribution < 1.29 is 18.7 Å². The fourth-order valence-electron chi connectivity index (χ4n) is 3.99. The van der Waals surface area contributed by atoms with E-state index in [1.54, 1.807) is 7.11 Å². The lowest BCUT2D eigenvalue weighted by Crippen LogP contribution is -2.38. The third-order valence-corrected chi connectivity index (χ3v) is 5.63. The van der Waals surface area contributed by atoms with Crippen LogP contribution in [0, 0.1) is 0 Å². The Bertz CT molecular complexity index is 802. The lowest BCUT2D eigenvalue weighted by molar-refractivity contribution is -0.132. The van der Waals surface area contributed by atoms with Gasteiger partial charge in [0.15, 0.2) is 6.10 Å². The predicted octanol–water partition coefficient (Wildman–Crippen LogP) is 2.41. The number of hydrogen-bond acceptors (Lipinski definition) is 6. The minimum atomic E-state index is -0.334. The molecule has 0 aliphatic carbocycles. The number of carbonyl (C=O) groups excluding carboxylic acids is 1. The molecule has 1 unspecified atom stereocenters. The molecule has 1 atom stereocenters. The highest BCUT2D eigenvalue weighted by Crippen LogP contribution is 2.29. The summed E-state index contributed by atoms with van der Waals surface area (Å²) in [5.74, 6) is 1.63. The number of hydrogen-bond donors (Lipinski definition) is 0. The third-order valence-electron chi connectivity index (χ3n) is 5.63. The zero-order valence-corrected chi connectivity index (χ0v) is 17.0. The smallest absolute Gasteiger partial charge is 0.228 e. The molecule has 2 aliphatic heterocycles. The first-order valence-electron chi connectivity index (χ1n) is 10.4. The molecule has 0 N–H and O–H groups in total. The van der Waals surface area contributed by atoms with E-state index in [2.05, 4.69) is 9.88 Å². The number of aromatic nitrogens is 1. The Hall–Kier alpha value is -2.22. The van der Waals surface area contributed by atoms with Crippen LogP contribution in [0.3, 0.4) is 0 Å². The van der Waals surface area contributed by atoms with Crippen LogP contribution < -0.4 is 0 Å². The number of rotatable bonds is 7. The van der Waals surface area contributed by atoms with Crippen molar-refractivity contribution in [3.8, 4) is 0 Å². The normalized spacial score (nSPS) is 18.4. The number of amides is 1. The molecule has 3 heterocycles. The predicted molar refractivity (Wildman–Crippen MR) is 107 cm³/mol. The average Bonchev–Trinajstić information content (AvgIpc) is 3.18. The molecule has 0 spiro atoms. The van der Waals surface area contributed by atoms with Gasteiger partial charge in [-0.3, -0.25) is 9.69 Å². The van der Waals surface area contributed by atoms with Crippen molar-refractivity contribution in [2.45, 2.75) is 31.9 Å². The topological polar surface area (TPSA) is 68.0 Å². The quantitative estimate of drug-likeness (QED) is 0.712. The van der Waals surface area contributed by atoms with E-state index in [0.717, 1.165) is 56.3 Å². The summed E-state index contributed by atoms with van der Waals surface area (Å²) in [6.07, 6.45) is 1.82. The second-order valence-electron chi connectivity index (χ2n) is 7.57. The minimum absolute atomic E-state index is 0.194. The monoisotopic (exact) mass is 399 g/mol. The van der Waals surface area contributed by atoms with Crippen LogP contribution in [0.5, 0.6) is 0 Å². The minimum Gasteiger partial charge on any atom is -0.442 e. The summed E-state index contributed by atoms with van der Waals surface area (Å²) in [6, 6.07) is 9.92. The molecule has 29 heavy (non-hydrogen) atoms. The van der Waals surface area contributed by atoms with Gasteiger partial charge in [0.05, 0.1) is 19.8 Å². The first-order valence-corrected chi connectivity index (χ1v) is 10.4. The van der Waals surface area contributed by atoms with Crippen LogP contribution in [0.2, 0.25) is 0 Å². The fraction of sp³-hybridized carbons (Fsp3) is 0.545. The van der Waals surface area contributed by atoms with Crippen molar-refractivity contribution in [3.05, 3.63) is 53.2 Å². The number of carbonyl (C=O) groups is 1. The molecule has 1 saturated heterocycles. The number of methoxy groups -OCH3 is 1. The van der Waals surface area contributed by atoms with E-state index in [-0.39, 0.29) is 12.0 Å². The molecule has 0 radical (unpaired) electrons. The molecule has 0 bridgehead atoms. The first-order chi connectivity index (χ1) is 14.2. The lowest BCUT2D eigenvalue weighted by Gasteiger charge is -2.28. The van der Waals surface area contributed by atoms with Crippen LogP contribution >= 0.6 is 0 Å². The maximum atomic E-state index is 12.7. The Morgan fingerprint density at radius 2 is 2.00 bits per heavy atom. The summed E-state index contributed by atoms with van der Waals surface area (Å²) in [5.41, 5.74) is 1.86. The van der Waals surface area contributed by atoms with Gasteiger partial charge < -0.3 is 18.8 Å². The van der Waals surface area contributed by atoms with Gasteiger partial charge in [0, 0.05) is 39.6 Å². The van der Waals surface area contributed by atoms with Gasteiger partial charge in [-0.2, -0.15) is 0 Å². The molecule has 0 saturated carbocycles. The molecule has 1 aromatic heterocycles. The summed E-state index contributed by atoms with van der Waals surface area (Å²) in [5, 5.41) is 0. The highest BCUT2D eigenvalue weighted by molar-refractivity contribution is 5.76. The SMILES string of the molecule is COC(c1ccccc1)c1nc2c(o1)CCN(C(=O)CCCN1CCOCC1)C2.